The second-order valence-corrected chi connectivity index (χ2v) is 11.3. The Hall–Kier alpha value is -3.06. The number of fused-ring (bicyclic) bond motifs is 1. The van der Waals surface area contributed by atoms with Gasteiger partial charge in [-0.1, -0.05) is 41.9 Å². The quantitative estimate of drug-likeness (QED) is 0.554. The van der Waals surface area contributed by atoms with Crippen LogP contribution in [-0.2, 0) is 16.4 Å². The molecular weight excluding hydrogens is 506 g/mol. The van der Waals surface area contributed by atoms with Crippen LogP contribution in [0.2, 0.25) is 0 Å². The lowest BCUT2D eigenvalue weighted by Crippen LogP contribution is -2.36. The minimum absolute atomic E-state index is 0.100. The van der Waals surface area contributed by atoms with E-state index in [0.29, 0.717) is 34.5 Å². The van der Waals surface area contributed by atoms with E-state index in [-0.39, 0.29) is 22.7 Å². The second-order valence-electron chi connectivity index (χ2n) is 8.81. The average Bonchev–Trinajstić information content (AvgIpc) is 2.72. The monoisotopic (exact) mass is 525 g/mol. The number of carbonyl (C=O) groups is 1. The molecule has 2 N–H and O–H groups in total. The number of carbonyl (C=O) groups excluding carboxylic acids is 1. The highest BCUT2D eigenvalue weighted by atomic mass is 79.9. The first-order valence-corrected chi connectivity index (χ1v) is 12.4. The molecule has 3 aromatic rings. The zero-order valence-electron chi connectivity index (χ0n) is 17.9. The van der Waals surface area contributed by atoms with Crippen molar-refractivity contribution in [2.45, 2.75) is 31.6 Å². The Morgan fingerprint density at radius 2 is 1.61 bits per heavy atom. The number of pyridine rings is 1. The Labute approximate surface area is 199 Å². The summed E-state index contributed by atoms with van der Waals surface area (Å²) in [6.45, 7) is 3.90. The van der Waals surface area contributed by atoms with Gasteiger partial charge in [-0.15, -0.1) is 0 Å². The molecule has 0 unspecified atom stereocenters. The zero-order chi connectivity index (χ0) is 24.1. The fourth-order valence-corrected chi connectivity index (χ4v) is 5.08. The third-order valence-electron chi connectivity index (χ3n) is 5.71. The molecule has 1 aliphatic carbocycles. The van der Waals surface area contributed by atoms with E-state index in [9.17, 15) is 23.3 Å². The summed E-state index contributed by atoms with van der Waals surface area (Å²) in [6, 6.07) is 14.6. The van der Waals surface area contributed by atoms with Crippen LogP contribution in [0.3, 0.4) is 0 Å². The van der Waals surface area contributed by atoms with Gasteiger partial charge < -0.3 is 0 Å². The first kappa shape index (κ1) is 23.1. The van der Waals surface area contributed by atoms with Gasteiger partial charge in [-0.2, -0.15) is 5.26 Å². The van der Waals surface area contributed by atoms with E-state index in [0.717, 1.165) is 4.47 Å². The highest BCUT2D eigenvalue weighted by Gasteiger charge is 2.37. The smallest absolute Gasteiger partial charge is 0.273 e. The molecule has 2 aromatic carbocycles. The standard InChI is InChI=1S/C24H20BrN3O4S/c1-24(2)11-19-22(20(29)12-24)21(14-3-5-15(25)6-4-14)18(13-26)23(30)28(19)16-7-9-17(10-8-16)33(27,31)32/h3-10H,11-12H2,1-2H3,(H2,27,31,32). The molecule has 1 heterocycles. The van der Waals surface area contributed by atoms with Gasteiger partial charge >= 0.3 is 0 Å². The van der Waals surface area contributed by atoms with Gasteiger partial charge in [0, 0.05) is 33.4 Å². The minimum Gasteiger partial charge on any atom is -0.294 e. The van der Waals surface area contributed by atoms with Crippen molar-refractivity contribution in [2.75, 3.05) is 0 Å². The molecule has 0 fully saturated rings. The van der Waals surface area contributed by atoms with Crippen LogP contribution in [0.1, 0.15) is 41.9 Å². The maximum atomic E-state index is 13.6. The molecular formula is C24H20BrN3O4S. The normalized spacial score (nSPS) is 15.1. The number of nitrogens with two attached hydrogens (primary N) is 1. The first-order valence-electron chi connectivity index (χ1n) is 10.1. The molecule has 0 bridgehead atoms. The van der Waals surface area contributed by atoms with Crippen LogP contribution in [0.5, 0.6) is 0 Å². The molecule has 1 aliphatic rings. The van der Waals surface area contributed by atoms with Crippen LogP contribution in [0.25, 0.3) is 16.8 Å². The number of nitrogens with zero attached hydrogens (tertiary/aromatic N) is 2. The van der Waals surface area contributed by atoms with E-state index >= 15 is 0 Å². The summed E-state index contributed by atoms with van der Waals surface area (Å²) in [5.74, 6) is -0.148. The summed E-state index contributed by atoms with van der Waals surface area (Å²) in [6.07, 6.45) is 0.701. The van der Waals surface area contributed by atoms with Gasteiger partial charge in [0.2, 0.25) is 10.0 Å². The van der Waals surface area contributed by atoms with Crippen molar-refractivity contribution in [3.8, 4) is 22.9 Å². The van der Waals surface area contributed by atoms with Gasteiger partial charge in [0.15, 0.2) is 5.78 Å². The molecule has 1 aromatic heterocycles. The SMILES string of the molecule is CC1(C)CC(=O)c2c(-c3ccc(Br)cc3)c(C#N)c(=O)n(-c3ccc(S(N)(=O)=O)cc3)c2C1. The summed E-state index contributed by atoms with van der Waals surface area (Å²) in [4.78, 5) is 26.9. The third-order valence-corrected chi connectivity index (χ3v) is 7.17. The molecule has 168 valence electrons. The summed E-state index contributed by atoms with van der Waals surface area (Å²) in [5.41, 5.74) is 1.04. The molecule has 0 radical (unpaired) electrons. The van der Waals surface area contributed by atoms with Crippen LogP contribution in [-0.4, -0.2) is 18.8 Å². The summed E-state index contributed by atoms with van der Waals surface area (Å²) in [5, 5.41) is 15.1. The number of benzene rings is 2. The Balaban J connectivity index is 2.10. The highest BCUT2D eigenvalue weighted by molar-refractivity contribution is 9.10. The Bertz CT molecular complexity index is 1500. The number of primary sulfonamides is 1. The molecule has 33 heavy (non-hydrogen) atoms. The molecule has 0 spiro atoms. The average molecular weight is 526 g/mol. The van der Waals surface area contributed by atoms with Crippen LogP contribution < -0.4 is 10.7 Å². The number of ketones is 1. The van der Waals surface area contributed by atoms with Gasteiger partial charge in [-0.25, -0.2) is 13.6 Å². The molecule has 9 heteroatoms. The van der Waals surface area contributed by atoms with Crippen molar-refractivity contribution in [3.05, 3.63) is 80.2 Å². The number of rotatable bonds is 3. The van der Waals surface area contributed by atoms with Gasteiger partial charge in [0.1, 0.15) is 11.6 Å². The zero-order valence-corrected chi connectivity index (χ0v) is 20.3. The van der Waals surface area contributed by atoms with Crippen LogP contribution in [0.15, 0.2) is 62.7 Å². The number of halogens is 1. The maximum Gasteiger partial charge on any atom is 0.273 e. The predicted molar refractivity (Wildman–Crippen MR) is 128 cm³/mol. The summed E-state index contributed by atoms with van der Waals surface area (Å²) >= 11 is 3.38. The van der Waals surface area contributed by atoms with Crippen molar-refractivity contribution in [1.82, 2.24) is 4.57 Å². The van der Waals surface area contributed by atoms with Crippen molar-refractivity contribution in [1.29, 1.82) is 5.26 Å². The lowest BCUT2D eigenvalue weighted by Gasteiger charge is -2.33. The molecule has 0 saturated carbocycles. The van der Waals surface area contributed by atoms with Gasteiger partial charge in [0.25, 0.3) is 5.56 Å². The van der Waals surface area contributed by atoms with Gasteiger partial charge in [-0.3, -0.25) is 14.2 Å². The topological polar surface area (TPSA) is 123 Å². The Kier molecular flexibility index (Phi) is 5.65. The fraction of sp³-hybridized carbons (Fsp3) is 0.208. The summed E-state index contributed by atoms with van der Waals surface area (Å²) in [7, 11) is -3.91. The molecule has 0 aliphatic heterocycles. The molecule has 0 amide bonds. The van der Waals surface area contributed by atoms with Crippen molar-refractivity contribution in [2.24, 2.45) is 10.6 Å². The van der Waals surface area contributed by atoms with Crippen molar-refractivity contribution < 1.29 is 13.2 Å². The Morgan fingerprint density at radius 1 is 1.00 bits per heavy atom. The van der Waals surface area contributed by atoms with E-state index in [2.05, 4.69) is 15.9 Å². The minimum atomic E-state index is -3.91. The fourth-order valence-electron chi connectivity index (χ4n) is 4.30. The maximum absolute atomic E-state index is 13.6. The summed E-state index contributed by atoms with van der Waals surface area (Å²) < 4.78 is 25.5. The van der Waals surface area contributed by atoms with E-state index in [1.54, 1.807) is 24.3 Å². The predicted octanol–water partition coefficient (Wildman–Crippen LogP) is 3.94. The number of aromatic nitrogens is 1. The number of nitriles is 1. The van der Waals surface area contributed by atoms with Gasteiger partial charge in [0.05, 0.1) is 4.90 Å². The number of sulfonamides is 1. The Morgan fingerprint density at radius 3 is 2.15 bits per heavy atom. The van der Waals surface area contributed by atoms with Crippen LogP contribution in [0, 0.1) is 16.7 Å². The van der Waals surface area contributed by atoms with Crippen LogP contribution in [0.4, 0.5) is 0 Å². The third kappa shape index (κ3) is 4.17. The van der Waals surface area contributed by atoms with E-state index in [4.69, 9.17) is 5.14 Å². The largest absolute Gasteiger partial charge is 0.294 e. The van der Waals surface area contributed by atoms with E-state index in [1.807, 2.05) is 19.9 Å². The number of hydrogen-bond donors (Lipinski definition) is 1. The number of hydrogen-bond acceptors (Lipinski definition) is 5. The molecule has 4 rings (SSSR count). The van der Waals surface area contributed by atoms with E-state index < -0.39 is 21.0 Å². The molecule has 0 atom stereocenters. The van der Waals surface area contributed by atoms with E-state index in [1.165, 1.54) is 28.8 Å². The first-order chi connectivity index (χ1) is 15.4. The molecule has 0 saturated heterocycles. The van der Waals surface area contributed by atoms with Crippen molar-refractivity contribution in [3.63, 3.8) is 0 Å². The van der Waals surface area contributed by atoms with Crippen LogP contribution >= 0.6 is 15.9 Å². The second kappa shape index (κ2) is 8.06. The highest BCUT2D eigenvalue weighted by Crippen LogP contribution is 2.40. The molecule has 7 nitrogen and oxygen atoms in total. The lowest BCUT2D eigenvalue weighted by molar-refractivity contribution is 0.0909. The lowest BCUT2D eigenvalue weighted by atomic mass is 9.73. The number of Topliss-reactive ketones (excluding diaryl/α,β-unsaturated/α-hetero) is 1. The van der Waals surface area contributed by atoms with Gasteiger partial charge in [-0.05, 0) is 53.8 Å². The van der Waals surface area contributed by atoms with Crippen molar-refractivity contribution >= 4 is 31.7 Å².